The number of piperidine rings is 1. The van der Waals surface area contributed by atoms with Crippen molar-refractivity contribution in [2.24, 2.45) is 5.92 Å². The lowest BCUT2D eigenvalue weighted by molar-refractivity contribution is -0.138. The Kier molecular flexibility index (Phi) is 8.13. The maximum atomic E-state index is 13.3. The van der Waals surface area contributed by atoms with Crippen LogP contribution < -0.4 is 4.74 Å². The standard InChI is InChI=1S/C27H30FN3O3S/c1-19-29-23(18-35-19)15-27(33)31-13-12-25(34-24-10-8-22(28)9-11-24)21(17-31)14-26(32)30(2)16-20-6-4-3-5-7-20/h3-11,18,21,25H,12-17H2,1-2H3/t21-,25-/m0/s1. The minimum Gasteiger partial charge on any atom is -0.490 e. The van der Waals surface area contributed by atoms with E-state index >= 15 is 0 Å². The van der Waals surface area contributed by atoms with Crippen LogP contribution in [0.2, 0.25) is 0 Å². The van der Waals surface area contributed by atoms with Crippen LogP contribution in [0.4, 0.5) is 4.39 Å². The lowest BCUT2D eigenvalue weighted by atomic mass is 9.90. The second-order valence-corrected chi connectivity index (χ2v) is 10.0. The third-order valence-corrected chi connectivity index (χ3v) is 7.06. The molecule has 0 bridgehead atoms. The van der Waals surface area contributed by atoms with Gasteiger partial charge < -0.3 is 14.5 Å². The van der Waals surface area contributed by atoms with Crippen LogP contribution in [0, 0.1) is 18.7 Å². The number of halogens is 1. The molecule has 1 aliphatic heterocycles. The van der Waals surface area contributed by atoms with Gasteiger partial charge in [0.25, 0.3) is 0 Å². The van der Waals surface area contributed by atoms with Crippen LogP contribution >= 0.6 is 11.3 Å². The summed E-state index contributed by atoms with van der Waals surface area (Å²) >= 11 is 1.53. The molecule has 184 valence electrons. The normalized spacial score (nSPS) is 17.7. The molecule has 2 heterocycles. The highest BCUT2D eigenvalue weighted by Crippen LogP contribution is 2.27. The minimum atomic E-state index is -0.329. The molecule has 0 spiro atoms. The highest BCUT2D eigenvalue weighted by Gasteiger charge is 2.35. The summed E-state index contributed by atoms with van der Waals surface area (Å²) < 4.78 is 19.5. The van der Waals surface area contributed by atoms with E-state index in [1.165, 1.54) is 23.5 Å². The number of amides is 2. The Bertz CT molecular complexity index is 1140. The Morgan fingerprint density at radius 2 is 1.91 bits per heavy atom. The number of ether oxygens (including phenoxy) is 1. The number of aromatic nitrogens is 1. The Morgan fingerprint density at radius 1 is 1.17 bits per heavy atom. The van der Waals surface area contributed by atoms with Gasteiger partial charge in [-0.05, 0) is 36.8 Å². The molecule has 4 rings (SSSR count). The molecule has 1 aromatic heterocycles. The van der Waals surface area contributed by atoms with Gasteiger partial charge in [0.1, 0.15) is 17.7 Å². The number of benzene rings is 2. The first-order valence-corrected chi connectivity index (χ1v) is 12.6. The number of rotatable bonds is 8. The van der Waals surface area contributed by atoms with Gasteiger partial charge in [-0.25, -0.2) is 9.37 Å². The lowest BCUT2D eigenvalue weighted by Crippen LogP contribution is -2.49. The predicted octanol–water partition coefficient (Wildman–Crippen LogP) is 4.48. The van der Waals surface area contributed by atoms with E-state index in [2.05, 4.69) is 4.98 Å². The topological polar surface area (TPSA) is 62.7 Å². The average Bonchev–Trinajstić information content (AvgIpc) is 3.26. The van der Waals surface area contributed by atoms with Crippen LogP contribution in [0.5, 0.6) is 5.75 Å². The van der Waals surface area contributed by atoms with Crippen molar-refractivity contribution in [1.29, 1.82) is 0 Å². The van der Waals surface area contributed by atoms with Crippen molar-refractivity contribution < 1.29 is 18.7 Å². The lowest BCUT2D eigenvalue weighted by Gasteiger charge is -2.39. The third kappa shape index (κ3) is 6.88. The van der Waals surface area contributed by atoms with Crippen molar-refractivity contribution >= 4 is 23.2 Å². The summed E-state index contributed by atoms with van der Waals surface area (Å²) in [4.78, 5) is 34.1. The van der Waals surface area contributed by atoms with Gasteiger partial charge in [-0.2, -0.15) is 0 Å². The molecule has 1 saturated heterocycles. The molecule has 2 amide bonds. The van der Waals surface area contributed by atoms with Gasteiger partial charge in [-0.1, -0.05) is 30.3 Å². The second-order valence-electron chi connectivity index (χ2n) is 8.97. The number of carbonyl (C=O) groups excluding carboxylic acids is 2. The third-order valence-electron chi connectivity index (χ3n) is 6.24. The largest absolute Gasteiger partial charge is 0.490 e. The zero-order chi connectivity index (χ0) is 24.8. The Balaban J connectivity index is 1.44. The smallest absolute Gasteiger partial charge is 0.228 e. The Hall–Kier alpha value is -3.26. The van der Waals surface area contributed by atoms with E-state index < -0.39 is 0 Å². The second kappa shape index (κ2) is 11.4. The van der Waals surface area contributed by atoms with Crippen molar-refractivity contribution in [3.63, 3.8) is 0 Å². The SMILES string of the molecule is Cc1nc(CC(=O)N2CC[C@H](Oc3ccc(F)cc3)[C@@H](CC(=O)N(C)Cc3ccccc3)C2)cs1. The van der Waals surface area contributed by atoms with Crippen LogP contribution in [0.3, 0.4) is 0 Å². The highest BCUT2D eigenvalue weighted by atomic mass is 32.1. The average molecular weight is 496 g/mol. The maximum Gasteiger partial charge on any atom is 0.228 e. The molecule has 1 fully saturated rings. The van der Waals surface area contributed by atoms with Crippen molar-refractivity contribution in [3.05, 3.63) is 82.1 Å². The number of hydrogen-bond donors (Lipinski definition) is 0. The number of nitrogens with zero attached hydrogens (tertiary/aromatic N) is 3. The van der Waals surface area contributed by atoms with Gasteiger partial charge in [-0.15, -0.1) is 11.3 Å². The first-order valence-electron chi connectivity index (χ1n) is 11.8. The maximum absolute atomic E-state index is 13.3. The van der Waals surface area contributed by atoms with Crippen molar-refractivity contribution in [3.8, 4) is 5.75 Å². The number of thiazole rings is 1. The van der Waals surface area contributed by atoms with Crippen molar-refractivity contribution in [2.75, 3.05) is 20.1 Å². The highest BCUT2D eigenvalue weighted by molar-refractivity contribution is 7.09. The molecule has 1 aliphatic rings. The molecule has 35 heavy (non-hydrogen) atoms. The van der Waals surface area contributed by atoms with E-state index in [9.17, 15) is 14.0 Å². The van der Waals surface area contributed by atoms with Gasteiger partial charge in [0.05, 0.1) is 17.1 Å². The zero-order valence-corrected chi connectivity index (χ0v) is 20.8. The first-order chi connectivity index (χ1) is 16.9. The summed E-state index contributed by atoms with van der Waals surface area (Å²) in [7, 11) is 1.79. The van der Waals surface area contributed by atoms with Gasteiger partial charge >= 0.3 is 0 Å². The molecule has 2 aromatic carbocycles. The molecule has 8 heteroatoms. The number of likely N-dealkylation sites (tertiary alicyclic amines) is 1. The van der Waals surface area contributed by atoms with E-state index in [-0.39, 0.29) is 42.5 Å². The molecule has 3 aromatic rings. The van der Waals surface area contributed by atoms with Gasteiger partial charge in [0.15, 0.2) is 0 Å². The number of aryl methyl sites for hydroxylation is 1. The Morgan fingerprint density at radius 3 is 2.60 bits per heavy atom. The first kappa shape index (κ1) is 24.9. The minimum absolute atomic E-state index is 0.00372. The van der Waals surface area contributed by atoms with Crippen LogP contribution in [0.25, 0.3) is 0 Å². The number of hydrogen-bond acceptors (Lipinski definition) is 5. The summed E-state index contributed by atoms with van der Waals surface area (Å²) in [5, 5.41) is 2.85. The zero-order valence-electron chi connectivity index (χ0n) is 20.0. The van der Waals surface area contributed by atoms with Gasteiger partial charge in [0.2, 0.25) is 11.8 Å². The van der Waals surface area contributed by atoms with E-state index in [1.54, 1.807) is 24.1 Å². The monoisotopic (exact) mass is 495 g/mol. The summed E-state index contributed by atoms with van der Waals surface area (Å²) in [5.41, 5.74) is 1.83. The van der Waals surface area contributed by atoms with Crippen LogP contribution in [-0.2, 0) is 22.6 Å². The van der Waals surface area contributed by atoms with Crippen LogP contribution in [0.15, 0.2) is 60.0 Å². The molecule has 0 N–H and O–H groups in total. The van der Waals surface area contributed by atoms with Crippen molar-refractivity contribution in [2.45, 2.75) is 38.8 Å². The molecule has 0 saturated carbocycles. The van der Waals surface area contributed by atoms with Gasteiger partial charge in [0, 0.05) is 50.8 Å². The predicted molar refractivity (Wildman–Crippen MR) is 134 cm³/mol. The molecule has 0 unspecified atom stereocenters. The fourth-order valence-electron chi connectivity index (χ4n) is 4.36. The van der Waals surface area contributed by atoms with Crippen molar-refractivity contribution in [1.82, 2.24) is 14.8 Å². The summed E-state index contributed by atoms with van der Waals surface area (Å²) in [6.07, 6.45) is 0.858. The van der Waals surface area contributed by atoms with Gasteiger partial charge in [-0.3, -0.25) is 9.59 Å². The molecular formula is C27H30FN3O3S. The fourth-order valence-corrected chi connectivity index (χ4v) is 4.97. The van der Waals surface area contributed by atoms with Crippen LogP contribution in [0.1, 0.15) is 29.1 Å². The van der Waals surface area contributed by atoms with E-state index in [0.29, 0.717) is 31.8 Å². The summed E-state index contributed by atoms with van der Waals surface area (Å²) in [5.74, 6) is 0.0516. The quantitative estimate of drug-likeness (QED) is 0.462. The Labute approximate surface area is 209 Å². The summed E-state index contributed by atoms with van der Waals surface area (Å²) in [6.45, 7) is 3.41. The fraction of sp³-hybridized carbons (Fsp3) is 0.370. The van der Waals surface area contributed by atoms with E-state index in [1.807, 2.05) is 47.5 Å². The molecule has 0 radical (unpaired) electrons. The van der Waals surface area contributed by atoms with E-state index in [0.717, 1.165) is 16.3 Å². The van der Waals surface area contributed by atoms with E-state index in [4.69, 9.17) is 4.74 Å². The molecule has 0 aliphatic carbocycles. The van der Waals surface area contributed by atoms with Crippen LogP contribution in [-0.4, -0.2) is 52.8 Å². The molecule has 2 atom stereocenters. The summed E-state index contributed by atoms with van der Waals surface area (Å²) in [6, 6.07) is 15.7. The number of carbonyl (C=O) groups is 2. The molecular weight excluding hydrogens is 465 g/mol. The molecule has 6 nitrogen and oxygen atoms in total.